The maximum atomic E-state index is 12.1. The normalized spacial score (nSPS) is 10.4. The van der Waals surface area contributed by atoms with Crippen molar-refractivity contribution in [3.05, 3.63) is 45.4 Å². The van der Waals surface area contributed by atoms with E-state index in [2.05, 4.69) is 15.6 Å². The first-order valence-electron chi connectivity index (χ1n) is 7.59. The standard InChI is InChI=1S/C17H21N3O2S/c1-4-18-17(22)13-5-6-14(11(2)9-13)20-16(21)8-7-15-12(3)19-10-23-15/h5-6,9-10H,4,7-8H2,1-3H3,(H,18,22)(H,20,21). The molecule has 2 amide bonds. The van der Waals surface area contributed by atoms with Gasteiger partial charge in [0.15, 0.2) is 0 Å². The number of thiazole rings is 1. The number of hydrogen-bond donors (Lipinski definition) is 2. The van der Waals surface area contributed by atoms with Crippen molar-refractivity contribution in [2.45, 2.75) is 33.6 Å². The molecule has 2 aromatic rings. The Hall–Kier alpha value is -2.21. The van der Waals surface area contributed by atoms with Crippen LogP contribution < -0.4 is 10.6 Å². The van der Waals surface area contributed by atoms with Gasteiger partial charge >= 0.3 is 0 Å². The summed E-state index contributed by atoms with van der Waals surface area (Å²) in [6.07, 6.45) is 1.11. The Morgan fingerprint density at radius 1 is 1.26 bits per heavy atom. The van der Waals surface area contributed by atoms with E-state index in [9.17, 15) is 9.59 Å². The number of nitrogens with one attached hydrogen (secondary N) is 2. The molecule has 0 aliphatic carbocycles. The van der Waals surface area contributed by atoms with E-state index in [4.69, 9.17) is 0 Å². The number of hydrogen-bond acceptors (Lipinski definition) is 4. The molecule has 5 nitrogen and oxygen atoms in total. The van der Waals surface area contributed by atoms with Gasteiger partial charge in [0, 0.05) is 29.1 Å². The minimum absolute atomic E-state index is 0.0355. The summed E-state index contributed by atoms with van der Waals surface area (Å²) in [5.41, 5.74) is 5.00. The number of amides is 2. The molecule has 1 aromatic heterocycles. The average molecular weight is 331 g/mol. The second kappa shape index (κ2) is 7.87. The van der Waals surface area contributed by atoms with E-state index in [1.54, 1.807) is 35.0 Å². The molecule has 6 heteroatoms. The zero-order chi connectivity index (χ0) is 16.8. The van der Waals surface area contributed by atoms with Crippen LogP contribution in [0.5, 0.6) is 0 Å². The Morgan fingerprint density at radius 3 is 2.65 bits per heavy atom. The molecule has 0 aliphatic rings. The van der Waals surface area contributed by atoms with Crippen LogP contribution in [-0.2, 0) is 11.2 Å². The number of carbonyl (C=O) groups is 2. The molecule has 0 unspecified atom stereocenters. The van der Waals surface area contributed by atoms with Gasteiger partial charge < -0.3 is 10.6 Å². The molecule has 0 bridgehead atoms. The van der Waals surface area contributed by atoms with Crippen molar-refractivity contribution in [2.24, 2.45) is 0 Å². The van der Waals surface area contributed by atoms with Crippen molar-refractivity contribution in [1.82, 2.24) is 10.3 Å². The van der Waals surface area contributed by atoms with Crippen LogP contribution in [-0.4, -0.2) is 23.3 Å². The van der Waals surface area contributed by atoms with Crippen molar-refractivity contribution in [3.63, 3.8) is 0 Å². The molecule has 0 aliphatic heterocycles. The molecular formula is C17H21N3O2S. The SMILES string of the molecule is CCNC(=O)c1ccc(NC(=O)CCc2scnc2C)c(C)c1. The number of anilines is 1. The van der Waals surface area contributed by atoms with E-state index < -0.39 is 0 Å². The summed E-state index contributed by atoms with van der Waals surface area (Å²) in [7, 11) is 0. The van der Waals surface area contributed by atoms with Crippen molar-refractivity contribution in [1.29, 1.82) is 0 Å². The minimum atomic E-state index is -0.103. The first kappa shape index (κ1) is 17.1. The van der Waals surface area contributed by atoms with Gasteiger partial charge in [-0.25, -0.2) is 4.98 Å². The van der Waals surface area contributed by atoms with Crippen LogP contribution in [0.25, 0.3) is 0 Å². The molecule has 0 saturated carbocycles. The molecule has 0 atom stereocenters. The highest BCUT2D eigenvalue weighted by molar-refractivity contribution is 7.09. The van der Waals surface area contributed by atoms with E-state index in [0.717, 1.165) is 21.8 Å². The minimum Gasteiger partial charge on any atom is -0.352 e. The van der Waals surface area contributed by atoms with Crippen LogP contribution in [0.1, 0.15) is 39.8 Å². The maximum absolute atomic E-state index is 12.1. The van der Waals surface area contributed by atoms with Gasteiger partial charge in [-0.2, -0.15) is 0 Å². The van der Waals surface area contributed by atoms with E-state index in [1.807, 2.05) is 20.8 Å². The Balaban J connectivity index is 1.95. The molecule has 0 fully saturated rings. The van der Waals surface area contributed by atoms with Gasteiger partial charge in [-0.05, 0) is 51.0 Å². The van der Waals surface area contributed by atoms with E-state index >= 15 is 0 Å². The van der Waals surface area contributed by atoms with E-state index in [-0.39, 0.29) is 11.8 Å². The van der Waals surface area contributed by atoms with Gasteiger partial charge in [-0.15, -0.1) is 11.3 Å². The zero-order valence-corrected chi connectivity index (χ0v) is 14.4. The molecule has 2 rings (SSSR count). The monoisotopic (exact) mass is 331 g/mol. The lowest BCUT2D eigenvalue weighted by molar-refractivity contribution is -0.116. The summed E-state index contributed by atoms with van der Waals surface area (Å²) in [4.78, 5) is 29.2. The quantitative estimate of drug-likeness (QED) is 0.854. The van der Waals surface area contributed by atoms with Gasteiger partial charge in [0.05, 0.1) is 11.2 Å². The fraction of sp³-hybridized carbons (Fsp3) is 0.353. The molecule has 1 heterocycles. The first-order chi connectivity index (χ1) is 11.0. The van der Waals surface area contributed by atoms with Crippen molar-refractivity contribution in [2.75, 3.05) is 11.9 Å². The number of benzene rings is 1. The summed E-state index contributed by atoms with van der Waals surface area (Å²) in [6, 6.07) is 5.28. The van der Waals surface area contributed by atoms with Gasteiger partial charge in [-0.3, -0.25) is 9.59 Å². The molecule has 23 heavy (non-hydrogen) atoms. The Kier molecular flexibility index (Phi) is 5.87. The molecule has 0 saturated heterocycles. The first-order valence-corrected chi connectivity index (χ1v) is 8.47. The second-order valence-electron chi connectivity index (χ2n) is 5.30. The van der Waals surface area contributed by atoms with Crippen LogP contribution >= 0.6 is 11.3 Å². The maximum Gasteiger partial charge on any atom is 0.251 e. The fourth-order valence-electron chi connectivity index (χ4n) is 2.21. The third kappa shape index (κ3) is 4.63. The summed E-state index contributed by atoms with van der Waals surface area (Å²) in [5.74, 6) is -0.138. The molecule has 1 aromatic carbocycles. The topological polar surface area (TPSA) is 71.1 Å². The highest BCUT2D eigenvalue weighted by atomic mass is 32.1. The fourth-order valence-corrected chi connectivity index (χ4v) is 2.99. The molecule has 0 radical (unpaired) electrons. The lowest BCUT2D eigenvalue weighted by Crippen LogP contribution is -2.22. The van der Waals surface area contributed by atoms with Crippen molar-refractivity contribution >= 4 is 28.8 Å². The lowest BCUT2D eigenvalue weighted by atomic mass is 10.1. The Labute approximate surface area is 140 Å². The highest BCUT2D eigenvalue weighted by Gasteiger charge is 2.10. The van der Waals surface area contributed by atoms with E-state index in [0.29, 0.717) is 24.9 Å². The lowest BCUT2D eigenvalue weighted by Gasteiger charge is -2.10. The van der Waals surface area contributed by atoms with Crippen LogP contribution in [0.15, 0.2) is 23.7 Å². The largest absolute Gasteiger partial charge is 0.352 e. The number of nitrogens with zero attached hydrogens (tertiary/aromatic N) is 1. The average Bonchev–Trinajstić information content (AvgIpc) is 2.92. The predicted molar refractivity (Wildman–Crippen MR) is 93.0 cm³/mol. The van der Waals surface area contributed by atoms with Gasteiger partial charge in [0.2, 0.25) is 5.91 Å². The van der Waals surface area contributed by atoms with Gasteiger partial charge in [0.25, 0.3) is 5.91 Å². The molecular weight excluding hydrogens is 310 g/mol. The number of aryl methyl sites for hydroxylation is 3. The van der Waals surface area contributed by atoms with Crippen molar-refractivity contribution < 1.29 is 9.59 Å². The third-order valence-electron chi connectivity index (χ3n) is 3.52. The van der Waals surface area contributed by atoms with Crippen molar-refractivity contribution in [3.8, 4) is 0 Å². The molecule has 122 valence electrons. The third-order valence-corrected chi connectivity index (χ3v) is 4.52. The Morgan fingerprint density at radius 2 is 2.04 bits per heavy atom. The highest BCUT2D eigenvalue weighted by Crippen LogP contribution is 2.18. The zero-order valence-electron chi connectivity index (χ0n) is 13.6. The van der Waals surface area contributed by atoms with Crippen LogP contribution in [0.2, 0.25) is 0 Å². The van der Waals surface area contributed by atoms with Crippen LogP contribution in [0.4, 0.5) is 5.69 Å². The number of carbonyl (C=O) groups excluding carboxylic acids is 2. The smallest absolute Gasteiger partial charge is 0.251 e. The second-order valence-corrected chi connectivity index (χ2v) is 6.24. The molecule has 2 N–H and O–H groups in total. The summed E-state index contributed by atoms with van der Waals surface area (Å²) >= 11 is 1.58. The van der Waals surface area contributed by atoms with Gasteiger partial charge in [0.1, 0.15) is 0 Å². The van der Waals surface area contributed by atoms with Crippen LogP contribution in [0.3, 0.4) is 0 Å². The molecule has 0 spiro atoms. The summed E-state index contributed by atoms with van der Waals surface area (Å²) < 4.78 is 0. The summed E-state index contributed by atoms with van der Waals surface area (Å²) in [5, 5.41) is 5.66. The van der Waals surface area contributed by atoms with E-state index in [1.165, 1.54) is 0 Å². The predicted octanol–water partition coefficient (Wildman–Crippen LogP) is 3.08. The summed E-state index contributed by atoms with van der Waals surface area (Å²) in [6.45, 7) is 6.30. The van der Waals surface area contributed by atoms with Gasteiger partial charge in [-0.1, -0.05) is 0 Å². The Bertz CT molecular complexity index is 710. The van der Waals surface area contributed by atoms with Crippen LogP contribution in [0, 0.1) is 13.8 Å². The number of rotatable bonds is 6. The number of aromatic nitrogens is 1.